The van der Waals surface area contributed by atoms with Gasteiger partial charge in [0, 0.05) is 11.3 Å². The minimum Gasteiger partial charge on any atom is -0.229 e. The van der Waals surface area contributed by atoms with Crippen LogP contribution in [0.4, 0.5) is 0 Å². The number of nitrogens with zero attached hydrogens (tertiary/aromatic N) is 3. The van der Waals surface area contributed by atoms with Crippen LogP contribution in [0.2, 0.25) is 0 Å². The quantitative estimate of drug-likeness (QED) is 0.635. The Morgan fingerprint density at radius 2 is 2.00 bits per heavy atom. The number of fused-ring (bicyclic) bond motifs is 1. The van der Waals surface area contributed by atoms with Crippen molar-refractivity contribution in [3.63, 3.8) is 0 Å². The van der Waals surface area contributed by atoms with E-state index in [1.807, 2.05) is 48.9 Å². The van der Waals surface area contributed by atoms with Crippen LogP contribution >= 0.6 is 27.5 Å². The molecule has 5 heteroatoms. The zero-order valence-electron chi connectivity index (χ0n) is 11.2. The SMILES string of the molecule is Cc1nn(-c2cc(CCl)c3ccccc3n2)c(C)c1Br. The molecular weight excluding hydrogens is 338 g/mol. The van der Waals surface area contributed by atoms with Gasteiger partial charge < -0.3 is 0 Å². The molecule has 1 aromatic carbocycles. The summed E-state index contributed by atoms with van der Waals surface area (Å²) in [5, 5.41) is 5.62. The summed E-state index contributed by atoms with van der Waals surface area (Å²) in [6, 6.07) is 10.0. The molecule has 0 fully saturated rings. The maximum atomic E-state index is 6.07. The fourth-order valence-electron chi connectivity index (χ4n) is 2.30. The Morgan fingerprint density at radius 1 is 1.25 bits per heavy atom. The third kappa shape index (κ3) is 2.13. The molecular formula is C15H13BrClN3. The van der Waals surface area contributed by atoms with E-state index in [-0.39, 0.29) is 0 Å². The number of rotatable bonds is 2. The lowest BCUT2D eigenvalue weighted by Crippen LogP contribution is -2.03. The molecule has 0 aliphatic carbocycles. The van der Waals surface area contributed by atoms with E-state index in [1.54, 1.807) is 0 Å². The summed E-state index contributed by atoms with van der Waals surface area (Å²) in [7, 11) is 0. The predicted octanol–water partition coefficient (Wildman–Crippen LogP) is 4.54. The number of hydrogen-bond acceptors (Lipinski definition) is 2. The van der Waals surface area contributed by atoms with Crippen LogP contribution in [0.15, 0.2) is 34.8 Å². The number of benzene rings is 1. The molecule has 2 heterocycles. The molecule has 0 atom stereocenters. The summed E-state index contributed by atoms with van der Waals surface area (Å²) < 4.78 is 2.86. The molecule has 3 aromatic rings. The molecule has 20 heavy (non-hydrogen) atoms. The van der Waals surface area contributed by atoms with Gasteiger partial charge in [0.15, 0.2) is 5.82 Å². The fourth-order valence-corrected chi connectivity index (χ4v) is 2.77. The van der Waals surface area contributed by atoms with Crippen molar-refractivity contribution in [3.8, 4) is 5.82 Å². The first-order valence-corrected chi connectivity index (χ1v) is 7.61. The molecule has 0 aliphatic rings. The second kappa shape index (κ2) is 5.19. The van der Waals surface area contributed by atoms with Crippen LogP contribution in [-0.2, 0) is 5.88 Å². The normalized spacial score (nSPS) is 11.2. The van der Waals surface area contributed by atoms with Gasteiger partial charge in [-0.05, 0) is 47.5 Å². The van der Waals surface area contributed by atoms with Gasteiger partial charge in [-0.15, -0.1) is 11.6 Å². The summed E-state index contributed by atoms with van der Waals surface area (Å²) >= 11 is 9.62. The van der Waals surface area contributed by atoms with E-state index in [0.717, 1.165) is 38.1 Å². The average molecular weight is 351 g/mol. The molecule has 3 rings (SSSR count). The van der Waals surface area contributed by atoms with Gasteiger partial charge in [-0.3, -0.25) is 0 Å². The van der Waals surface area contributed by atoms with Gasteiger partial charge in [0.05, 0.1) is 21.4 Å². The van der Waals surface area contributed by atoms with Gasteiger partial charge >= 0.3 is 0 Å². The second-order valence-electron chi connectivity index (χ2n) is 4.69. The highest BCUT2D eigenvalue weighted by Crippen LogP contribution is 2.25. The topological polar surface area (TPSA) is 30.7 Å². The van der Waals surface area contributed by atoms with E-state index >= 15 is 0 Å². The van der Waals surface area contributed by atoms with Gasteiger partial charge in [0.25, 0.3) is 0 Å². The summed E-state index contributed by atoms with van der Waals surface area (Å²) in [6.45, 7) is 3.98. The van der Waals surface area contributed by atoms with Crippen LogP contribution in [-0.4, -0.2) is 14.8 Å². The van der Waals surface area contributed by atoms with Crippen LogP contribution < -0.4 is 0 Å². The molecule has 0 saturated carbocycles. The van der Waals surface area contributed by atoms with Crippen molar-refractivity contribution < 1.29 is 0 Å². The molecule has 102 valence electrons. The summed E-state index contributed by atoms with van der Waals surface area (Å²) in [6.07, 6.45) is 0. The van der Waals surface area contributed by atoms with Crippen molar-refractivity contribution in [1.29, 1.82) is 0 Å². The van der Waals surface area contributed by atoms with E-state index in [2.05, 4.69) is 21.0 Å². The maximum absolute atomic E-state index is 6.07. The van der Waals surface area contributed by atoms with Gasteiger partial charge in [0.1, 0.15) is 0 Å². The zero-order valence-corrected chi connectivity index (χ0v) is 13.5. The second-order valence-corrected chi connectivity index (χ2v) is 5.75. The van der Waals surface area contributed by atoms with Crippen molar-refractivity contribution in [1.82, 2.24) is 14.8 Å². The smallest absolute Gasteiger partial charge is 0.154 e. The Bertz CT molecular complexity index is 795. The number of hydrogen-bond donors (Lipinski definition) is 0. The molecule has 0 unspecified atom stereocenters. The van der Waals surface area contributed by atoms with E-state index in [9.17, 15) is 0 Å². The minimum atomic E-state index is 0.455. The number of halogens is 2. The van der Waals surface area contributed by atoms with Crippen LogP contribution in [0.5, 0.6) is 0 Å². The Balaban J connectivity index is 2.29. The average Bonchev–Trinajstić information content (AvgIpc) is 2.73. The van der Waals surface area contributed by atoms with Crippen LogP contribution in [0.1, 0.15) is 17.0 Å². The molecule has 0 spiro atoms. The van der Waals surface area contributed by atoms with Gasteiger partial charge in [-0.1, -0.05) is 18.2 Å². The maximum Gasteiger partial charge on any atom is 0.154 e. The van der Waals surface area contributed by atoms with E-state index in [0.29, 0.717) is 5.88 Å². The van der Waals surface area contributed by atoms with Crippen LogP contribution in [0.25, 0.3) is 16.7 Å². The number of alkyl halides is 1. The molecule has 0 aliphatic heterocycles. The fraction of sp³-hybridized carbons (Fsp3) is 0.200. The molecule has 2 aromatic heterocycles. The lowest BCUT2D eigenvalue weighted by atomic mass is 10.1. The standard InChI is InChI=1S/C15H13BrClN3/c1-9-15(16)10(2)20(19-9)14-7-11(8-17)12-5-3-4-6-13(12)18-14/h3-7H,8H2,1-2H3. The number of pyridine rings is 1. The number of aromatic nitrogens is 3. The monoisotopic (exact) mass is 349 g/mol. The highest BCUT2D eigenvalue weighted by molar-refractivity contribution is 9.10. The number of para-hydroxylation sites is 1. The first-order valence-electron chi connectivity index (χ1n) is 6.28. The molecule has 0 bridgehead atoms. The van der Waals surface area contributed by atoms with Gasteiger partial charge in [-0.25, -0.2) is 9.67 Å². The Kier molecular flexibility index (Phi) is 3.52. The predicted molar refractivity (Wildman–Crippen MR) is 85.6 cm³/mol. The van der Waals surface area contributed by atoms with Gasteiger partial charge in [0.2, 0.25) is 0 Å². The third-order valence-electron chi connectivity index (χ3n) is 3.35. The molecule has 3 nitrogen and oxygen atoms in total. The van der Waals surface area contributed by atoms with Crippen molar-refractivity contribution in [2.45, 2.75) is 19.7 Å². The largest absolute Gasteiger partial charge is 0.229 e. The van der Waals surface area contributed by atoms with Gasteiger partial charge in [-0.2, -0.15) is 5.10 Å². The van der Waals surface area contributed by atoms with Crippen molar-refractivity contribution in [2.75, 3.05) is 0 Å². The van der Waals surface area contributed by atoms with Crippen molar-refractivity contribution >= 4 is 38.4 Å². The summed E-state index contributed by atoms with van der Waals surface area (Å²) in [4.78, 5) is 4.69. The van der Waals surface area contributed by atoms with Crippen molar-refractivity contribution in [3.05, 3.63) is 51.8 Å². The molecule has 0 saturated heterocycles. The Labute approximate surface area is 130 Å². The molecule has 0 N–H and O–H groups in total. The Morgan fingerprint density at radius 3 is 2.65 bits per heavy atom. The van der Waals surface area contributed by atoms with E-state index in [1.165, 1.54) is 0 Å². The van der Waals surface area contributed by atoms with Crippen LogP contribution in [0, 0.1) is 13.8 Å². The molecule has 0 amide bonds. The zero-order chi connectivity index (χ0) is 14.3. The van der Waals surface area contributed by atoms with Crippen LogP contribution in [0.3, 0.4) is 0 Å². The van der Waals surface area contributed by atoms with E-state index in [4.69, 9.17) is 16.6 Å². The lowest BCUT2D eigenvalue weighted by Gasteiger charge is -2.09. The third-order valence-corrected chi connectivity index (χ3v) is 4.79. The Hall–Kier alpha value is -1.39. The first kappa shape index (κ1) is 13.6. The summed E-state index contributed by atoms with van der Waals surface area (Å²) in [5.74, 6) is 1.25. The van der Waals surface area contributed by atoms with Crippen molar-refractivity contribution in [2.24, 2.45) is 0 Å². The lowest BCUT2D eigenvalue weighted by molar-refractivity contribution is 0.809. The highest BCUT2D eigenvalue weighted by atomic mass is 79.9. The minimum absolute atomic E-state index is 0.455. The first-order chi connectivity index (χ1) is 9.61. The highest BCUT2D eigenvalue weighted by Gasteiger charge is 2.13. The van der Waals surface area contributed by atoms with E-state index < -0.39 is 0 Å². The number of aryl methyl sites for hydroxylation is 1. The molecule has 0 radical (unpaired) electrons. The summed E-state index contributed by atoms with van der Waals surface area (Å²) in [5.41, 5.74) is 3.98.